The highest BCUT2D eigenvalue weighted by molar-refractivity contribution is 7.92. The van der Waals surface area contributed by atoms with Crippen molar-refractivity contribution in [2.24, 2.45) is 0 Å². The maximum atomic E-state index is 13.2. The maximum absolute atomic E-state index is 13.2. The quantitative estimate of drug-likeness (QED) is 0.0271. The molecule has 546 valence electrons. The first-order valence-corrected chi connectivity index (χ1v) is 36.7. The summed E-state index contributed by atoms with van der Waals surface area (Å²) >= 11 is 0.615. The average molecular weight is 1450 g/mol. The van der Waals surface area contributed by atoms with Crippen LogP contribution in [0.2, 0.25) is 0 Å². The standard InChI is InChI=1S/C23H32N4O7S.C20H25N3O6.C13H22N4O5S.C5H8N2O4S/c1-22-12-15-26(23(22,2)19(28)27(22)35-34-33-31)20(29)24-18-10-6-13-25(14-7-11-18)21(30)32-16-17-8-4-3-5-9-17;24-17-10-11-18(25)23(17)29-19(26)21-16-8-4-12-22(13-5-9-16)20(27)28-14-15-6-2-1-3-7-15;18-12-11-10(17(12)23(20,21)22)5-8-16(11)13(19)15-9-3-1-6-14-7-2-4-9;8-5-4-3(1-2-6-4)7(5)12(9,10)11/h3-5,8-9,18,31H,6-7,10-16H2,1-2H3,(H,24,29);1-3,6-7,16H,4-5,8-14H2,(H,21,26);9-11,14H,1-8H2,(H,15,19)(H,20,21,22);3-4,6H,1-2H2,(H,9,10,11)/t22-,23-;;10-,11+;3-,4+/m1.11/s1. The van der Waals surface area contributed by atoms with Crippen molar-refractivity contribution in [3.8, 4) is 0 Å². The summed E-state index contributed by atoms with van der Waals surface area (Å²) in [5.41, 5.74) is 0.254. The van der Waals surface area contributed by atoms with Crippen LogP contribution in [-0.2, 0) is 81.5 Å². The number of imide groups is 1. The minimum atomic E-state index is -4.54. The SMILES string of the molecule is C[C@@]12CCN(C(=O)NC3CCCN(C(=O)OCc4ccccc4)CCC3)[C@]1(C)C(=O)N2SOOO.O=C(NC1CCCN(C(=O)OCc2ccccc2)CCC1)ON1C(=O)CCC1=O.O=C(NC1CCCNCCC1)N1CC[C@@H]2[C@H]1C(=O)N2S(=O)(=O)O.O=C1[C@H]2NCC[C@H]2N1S(=O)(=O)O. The molecule has 0 aromatic heterocycles. The van der Waals surface area contributed by atoms with Crippen molar-refractivity contribution < 1.29 is 103 Å². The summed E-state index contributed by atoms with van der Waals surface area (Å²) in [4.78, 5) is 132. The number of fused-ring (bicyclic) bond motifs is 3. The Bertz CT molecular complexity index is 3440. The van der Waals surface area contributed by atoms with Gasteiger partial charge in [0.25, 0.3) is 29.5 Å². The first-order valence-electron chi connectivity index (χ1n) is 33.2. The molecule has 6 atom stereocenters. The minimum absolute atomic E-state index is 0.0350. The van der Waals surface area contributed by atoms with Gasteiger partial charge >= 0.3 is 51.0 Å². The second kappa shape index (κ2) is 33.7. The van der Waals surface area contributed by atoms with E-state index in [-0.39, 0.29) is 80.4 Å². The zero-order valence-electron chi connectivity index (χ0n) is 55.0. The summed E-state index contributed by atoms with van der Waals surface area (Å²) in [5.74, 6) is -2.58. The largest absolute Gasteiger partial charge is 0.445 e. The summed E-state index contributed by atoms with van der Waals surface area (Å²) < 4.78 is 78.9. The predicted octanol–water partition coefficient (Wildman–Crippen LogP) is 3.36. The van der Waals surface area contributed by atoms with Crippen LogP contribution in [0.3, 0.4) is 0 Å². The molecule has 2 aromatic carbocycles. The second-order valence-electron chi connectivity index (χ2n) is 25.8. The topological polar surface area (TPSA) is 432 Å². The Balaban J connectivity index is 0.000000162. The van der Waals surface area contributed by atoms with Crippen LogP contribution in [0.5, 0.6) is 0 Å². The summed E-state index contributed by atoms with van der Waals surface area (Å²) in [7, 11) is -8.86. The van der Waals surface area contributed by atoms with Gasteiger partial charge in [0.05, 0.1) is 17.6 Å². The van der Waals surface area contributed by atoms with E-state index in [4.69, 9.17) is 28.7 Å². The smallest absolute Gasteiger partial charge is 0.432 e. The summed E-state index contributed by atoms with van der Waals surface area (Å²) in [6, 6.07) is 16.2. The lowest BCUT2D eigenvalue weighted by molar-refractivity contribution is -0.433. The molecule has 99 heavy (non-hydrogen) atoms. The molecule has 12 rings (SSSR count). The van der Waals surface area contributed by atoms with E-state index in [0.717, 1.165) is 75.6 Å². The number of likely N-dealkylation sites (tertiary alicyclic amines) is 4. The highest BCUT2D eigenvalue weighted by atomic mass is 32.2. The zero-order chi connectivity index (χ0) is 71.2. The number of benzene rings is 2. The lowest BCUT2D eigenvalue weighted by Crippen LogP contribution is -2.80. The fourth-order valence-electron chi connectivity index (χ4n) is 14.0. The van der Waals surface area contributed by atoms with Gasteiger partial charge in [0, 0.05) is 70.2 Å². The molecule has 0 unspecified atom stereocenters. The molecule has 0 spiro atoms. The van der Waals surface area contributed by atoms with Crippen molar-refractivity contribution >= 4 is 92.7 Å². The number of carbonyl (C=O) groups is 10. The van der Waals surface area contributed by atoms with Crippen LogP contribution >= 0.6 is 12.2 Å². The number of hydroxylamine groups is 2. The van der Waals surface area contributed by atoms with Gasteiger partial charge in [0.1, 0.15) is 30.8 Å². The number of nitrogens with one attached hydrogen (secondary N) is 5. The Morgan fingerprint density at radius 2 is 1.08 bits per heavy atom. The van der Waals surface area contributed by atoms with Crippen molar-refractivity contribution in [3.05, 3.63) is 71.8 Å². The van der Waals surface area contributed by atoms with E-state index in [9.17, 15) is 64.8 Å². The second-order valence-corrected chi connectivity index (χ2v) is 29.1. The number of nitrogens with zero attached hydrogens (tertiary/aromatic N) is 8. The minimum Gasteiger partial charge on any atom is -0.445 e. The molecule has 10 heterocycles. The van der Waals surface area contributed by atoms with Gasteiger partial charge in [-0.1, -0.05) is 65.7 Å². The van der Waals surface area contributed by atoms with Crippen LogP contribution in [0.25, 0.3) is 0 Å². The Labute approximate surface area is 577 Å². The van der Waals surface area contributed by atoms with Crippen molar-refractivity contribution in [2.45, 2.75) is 190 Å². The number of amides is 12. The number of hydrogen-bond donors (Lipinski definition) is 8. The fraction of sp³-hybridized carbons (Fsp3) is 0.639. The van der Waals surface area contributed by atoms with Gasteiger partial charge in [-0.2, -0.15) is 16.8 Å². The normalized spacial score (nSPS) is 26.0. The number of rotatable bonds is 13. The molecule has 10 aliphatic heterocycles. The van der Waals surface area contributed by atoms with Gasteiger partial charge in [0.2, 0.25) is 0 Å². The molecule has 38 heteroatoms. The average Bonchev–Trinajstić information content (AvgIpc) is 1.58. The molecule has 0 bridgehead atoms. The van der Waals surface area contributed by atoms with E-state index in [1.807, 2.05) is 67.6 Å². The van der Waals surface area contributed by atoms with Crippen LogP contribution in [0.15, 0.2) is 60.7 Å². The highest BCUT2D eigenvalue weighted by Gasteiger charge is 2.74. The number of β-lactam (4-membered cyclic amide) rings is 3. The molecule has 2 aromatic rings. The van der Waals surface area contributed by atoms with Crippen LogP contribution in [-0.4, -0.2) is 241 Å². The first-order chi connectivity index (χ1) is 47.2. The van der Waals surface area contributed by atoms with Gasteiger partial charge in [-0.3, -0.25) is 33.1 Å². The van der Waals surface area contributed by atoms with E-state index in [1.54, 1.807) is 21.6 Å². The van der Waals surface area contributed by atoms with Crippen molar-refractivity contribution in [1.29, 1.82) is 0 Å². The van der Waals surface area contributed by atoms with Crippen molar-refractivity contribution in [3.63, 3.8) is 0 Å². The molecule has 0 saturated carbocycles. The molecule has 10 aliphatic rings. The van der Waals surface area contributed by atoms with Crippen molar-refractivity contribution in [2.75, 3.05) is 58.9 Å². The Morgan fingerprint density at radius 1 is 0.596 bits per heavy atom. The van der Waals surface area contributed by atoms with Crippen LogP contribution < -0.4 is 26.6 Å². The van der Waals surface area contributed by atoms with Crippen LogP contribution in [0.4, 0.5) is 24.0 Å². The molecule has 10 fully saturated rings. The third-order valence-electron chi connectivity index (χ3n) is 19.5. The highest BCUT2D eigenvalue weighted by Crippen LogP contribution is 2.55. The molecule has 0 aliphatic carbocycles. The third-order valence-corrected chi connectivity index (χ3v) is 22.3. The molecule has 12 amide bonds. The van der Waals surface area contributed by atoms with E-state index >= 15 is 0 Å². The number of ether oxygens (including phenoxy) is 2. The lowest BCUT2D eigenvalue weighted by atomic mass is 9.72. The zero-order valence-corrected chi connectivity index (χ0v) is 57.5. The summed E-state index contributed by atoms with van der Waals surface area (Å²) in [6.45, 7) is 9.55. The van der Waals surface area contributed by atoms with Gasteiger partial charge < -0.3 is 60.5 Å². The predicted molar refractivity (Wildman–Crippen MR) is 347 cm³/mol. The molecular formula is C61H87N13O22S3. The number of carbonyl (C=O) groups excluding carboxylic acids is 10. The van der Waals surface area contributed by atoms with E-state index in [2.05, 4.69) is 36.0 Å². The molecule has 8 N–H and O–H groups in total. The number of hydrogen-bond acceptors (Lipinski definition) is 23. The Hall–Kier alpha value is -7.69. The maximum Gasteiger partial charge on any atom is 0.432 e. The molecule has 0 radical (unpaired) electrons. The molecular weight excluding hydrogens is 1360 g/mol. The van der Waals surface area contributed by atoms with E-state index in [1.165, 1.54) is 9.21 Å². The summed E-state index contributed by atoms with van der Waals surface area (Å²) in [6.07, 6.45) is 9.51. The van der Waals surface area contributed by atoms with E-state index in [0.29, 0.717) is 117 Å². The van der Waals surface area contributed by atoms with Crippen LogP contribution in [0, 0.1) is 0 Å². The fourth-order valence-corrected chi connectivity index (χ4v) is 16.6. The van der Waals surface area contributed by atoms with Crippen molar-refractivity contribution in [1.82, 2.24) is 64.2 Å². The third kappa shape index (κ3) is 18.1. The molecule has 10 saturated heterocycles. The van der Waals surface area contributed by atoms with Gasteiger partial charge in [-0.05, 0) is 141 Å². The molecule has 35 nitrogen and oxygen atoms in total. The summed E-state index contributed by atoms with van der Waals surface area (Å²) in [5, 5.41) is 27.5. The lowest BCUT2D eigenvalue weighted by Gasteiger charge is -2.58. The Morgan fingerprint density at radius 3 is 1.59 bits per heavy atom. The Kier molecular flexibility index (Phi) is 25.7. The first kappa shape index (κ1) is 75.5. The van der Waals surface area contributed by atoms with E-state index < -0.39 is 79.5 Å². The van der Waals surface area contributed by atoms with Crippen LogP contribution in [0.1, 0.15) is 134 Å². The number of urea groups is 2. The monoisotopic (exact) mass is 1450 g/mol. The van der Waals surface area contributed by atoms with Gasteiger partial charge in [-0.25, -0.2) is 42.1 Å². The van der Waals surface area contributed by atoms with Gasteiger partial charge in [0.15, 0.2) is 12.2 Å². The van der Waals surface area contributed by atoms with Gasteiger partial charge in [-0.15, -0.1) is 9.40 Å².